The number of halogens is 1. The second-order valence-corrected chi connectivity index (χ2v) is 6.24. The summed E-state index contributed by atoms with van der Waals surface area (Å²) in [5.74, 6) is -0.113. The van der Waals surface area contributed by atoms with Crippen LogP contribution in [-0.2, 0) is 17.0 Å². The molecule has 0 aliphatic carbocycles. The molecule has 7 nitrogen and oxygen atoms in total. The van der Waals surface area contributed by atoms with Gasteiger partial charge in [-0.3, -0.25) is 4.68 Å². The van der Waals surface area contributed by atoms with Crippen LogP contribution in [-0.4, -0.2) is 32.5 Å². The standard InChI is InChI=1S/C18H19FN4O3/c1-4-25-16(24)14-9-20-23(11-14)10-12-5-7-13(8-6-12)15-21-17(26-22-15)18(2,3)19/h5-9,11H,4,10H2,1-3H3. The molecule has 1 aromatic carbocycles. The molecule has 3 rings (SSSR count). The van der Waals surface area contributed by atoms with Crippen molar-refractivity contribution in [3.63, 3.8) is 0 Å². The largest absolute Gasteiger partial charge is 0.462 e. The lowest BCUT2D eigenvalue weighted by Gasteiger charge is -2.05. The fraction of sp³-hybridized carbons (Fsp3) is 0.333. The topological polar surface area (TPSA) is 83.0 Å². The van der Waals surface area contributed by atoms with Gasteiger partial charge in [0.15, 0.2) is 5.67 Å². The average Bonchev–Trinajstić information content (AvgIpc) is 3.25. The van der Waals surface area contributed by atoms with Crippen LogP contribution >= 0.6 is 0 Å². The third kappa shape index (κ3) is 3.96. The molecule has 0 saturated heterocycles. The molecule has 0 bridgehead atoms. The number of carbonyl (C=O) groups excluding carboxylic acids is 1. The van der Waals surface area contributed by atoms with Gasteiger partial charge in [0.25, 0.3) is 5.89 Å². The molecule has 2 aromatic heterocycles. The first kappa shape index (κ1) is 17.8. The van der Waals surface area contributed by atoms with E-state index in [2.05, 4.69) is 15.2 Å². The minimum absolute atomic E-state index is 0.0559. The van der Waals surface area contributed by atoms with Gasteiger partial charge in [0.05, 0.1) is 24.9 Å². The molecule has 0 unspecified atom stereocenters. The number of rotatable bonds is 6. The van der Waals surface area contributed by atoms with Gasteiger partial charge >= 0.3 is 5.97 Å². The van der Waals surface area contributed by atoms with Gasteiger partial charge in [-0.15, -0.1) is 0 Å². The number of benzene rings is 1. The minimum Gasteiger partial charge on any atom is -0.462 e. The van der Waals surface area contributed by atoms with Crippen LogP contribution in [0.4, 0.5) is 4.39 Å². The van der Waals surface area contributed by atoms with E-state index in [0.29, 0.717) is 24.5 Å². The Hall–Kier alpha value is -3.03. The third-order valence-corrected chi connectivity index (χ3v) is 3.64. The van der Waals surface area contributed by atoms with Crippen molar-refractivity contribution in [2.75, 3.05) is 6.61 Å². The SMILES string of the molecule is CCOC(=O)c1cnn(Cc2ccc(-c3noc(C(C)(C)F)n3)cc2)c1. The van der Waals surface area contributed by atoms with Crippen molar-refractivity contribution < 1.29 is 18.4 Å². The van der Waals surface area contributed by atoms with Crippen molar-refractivity contribution in [1.29, 1.82) is 0 Å². The summed E-state index contributed by atoms with van der Waals surface area (Å²) in [6.45, 7) is 5.30. The molecule has 0 aliphatic heterocycles. The first-order valence-electron chi connectivity index (χ1n) is 8.19. The van der Waals surface area contributed by atoms with E-state index in [1.807, 2.05) is 24.3 Å². The third-order valence-electron chi connectivity index (χ3n) is 3.64. The average molecular weight is 358 g/mol. The first-order valence-corrected chi connectivity index (χ1v) is 8.19. The quantitative estimate of drug-likeness (QED) is 0.628. The van der Waals surface area contributed by atoms with Crippen LogP contribution in [0.2, 0.25) is 0 Å². The minimum atomic E-state index is -1.68. The smallest absolute Gasteiger partial charge is 0.341 e. The van der Waals surface area contributed by atoms with E-state index in [4.69, 9.17) is 9.26 Å². The van der Waals surface area contributed by atoms with E-state index in [9.17, 15) is 9.18 Å². The Balaban J connectivity index is 1.70. The second-order valence-electron chi connectivity index (χ2n) is 6.24. The number of carbonyl (C=O) groups is 1. The molecule has 3 aromatic rings. The van der Waals surface area contributed by atoms with E-state index >= 15 is 0 Å². The fourth-order valence-electron chi connectivity index (χ4n) is 2.30. The molecule has 0 N–H and O–H groups in total. The predicted molar refractivity (Wildman–Crippen MR) is 91.2 cm³/mol. The molecular formula is C18H19FN4O3. The van der Waals surface area contributed by atoms with Gasteiger partial charge < -0.3 is 9.26 Å². The molecule has 0 saturated carbocycles. The summed E-state index contributed by atoms with van der Waals surface area (Å²) in [6, 6.07) is 7.42. The highest BCUT2D eigenvalue weighted by Crippen LogP contribution is 2.25. The molecule has 0 spiro atoms. The number of aromatic nitrogens is 4. The van der Waals surface area contributed by atoms with Crippen molar-refractivity contribution in [3.05, 3.63) is 53.7 Å². The number of nitrogens with zero attached hydrogens (tertiary/aromatic N) is 4. The number of hydrogen-bond acceptors (Lipinski definition) is 6. The number of ether oxygens (including phenoxy) is 1. The van der Waals surface area contributed by atoms with Crippen molar-refractivity contribution >= 4 is 5.97 Å². The molecule has 0 amide bonds. The zero-order valence-corrected chi connectivity index (χ0v) is 14.8. The van der Waals surface area contributed by atoms with E-state index in [1.165, 1.54) is 20.0 Å². The van der Waals surface area contributed by atoms with Gasteiger partial charge in [0.1, 0.15) is 0 Å². The Morgan fingerprint density at radius 1 is 1.31 bits per heavy atom. The molecule has 136 valence electrons. The number of hydrogen-bond donors (Lipinski definition) is 0. The molecule has 8 heteroatoms. The lowest BCUT2D eigenvalue weighted by molar-refractivity contribution is 0.0526. The van der Waals surface area contributed by atoms with Gasteiger partial charge in [-0.25, -0.2) is 9.18 Å². The highest BCUT2D eigenvalue weighted by Gasteiger charge is 2.26. The van der Waals surface area contributed by atoms with Crippen molar-refractivity contribution in [2.45, 2.75) is 33.0 Å². The van der Waals surface area contributed by atoms with Crippen LogP contribution in [0.5, 0.6) is 0 Å². The zero-order chi connectivity index (χ0) is 18.7. The van der Waals surface area contributed by atoms with E-state index in [0.717, 1.165) is 11.1 Å². The van der Waals surface area contributed by atoms with Crippen LogP contribution in [0.1, 0.15) is 42.6 Å². The monoisotopic (exact) mass is 358 g/mol. The summed E-state index contributed by atoms with van der Waals surface area (Å²) in [7, 11) is 0. The van der Waals surface area contributed by atoms with Gasteiger partial charge in [0.2, 0.25) is 5.82 Å². The maximum absolute atomic E-state index is 13.8. The lowest BCUT2D eigenvalue weighted by Crippen LogP contribution is -2.09. The zero-order valence-electron chi connectivity index (χ0n) is 14.8. The van der Waals surface area contributed by atoms with E-state index in [1.54, 1.807) is 17.8 Å². The Kier molecular flexibility index (Phi) is 4.83. The van der Waals surface area contributed by atoms with Crippen LogP contribution in [0, 0.1) is 0 Å². The van der Waals surface area contributed by atoms with Crippen molar-refractivity contribution in [3.8, 4) is 11.4 Å². The van der Waals surface area contributed by atoms with Crippen LogP contribution in [0.25, 0.3) is 11.4 Å². The highest BCUT2D eigenvalue weighted by molar-refractivity contribution is 5.88. The maximum atomic E-state index is 13.8. The second kappa shape index (κ2) is 7.07. The summed E-state index contributed by atoms with van der Waals surface area (Å²) in [6.07, 6.45) is 3.12. The summed E-state index contributed by atoms with van der Waals surface area (Å²) < 4.78 is 25.4. The highest BCUT2D eigenvalue weighted by atomic mass is 19.1. The van der Waals surface area contributed by atoms with Crippen molar-refractivity contribution in [1.82, 2.24) is 19.9 Å². The number of alkyl halides is 1. The van der Waals surface area contributed by atoms with E-state index in [-0.39, 0.29) is 5.89 Å². The summed E-state index contributed by atoms with van der Waals surface area (Å²) in [5.41, 5.74) is 0.432. The normalized spacial score (nSPS) is 11.5. The maximum Gasteiger partial charge on any atom is 0.341 e. The Labute approximate surface area is 149 Å². The summed E-state index contributed by atoms with van der Waals surface area (Å²) in [4.78, 5) is 15.7. The Morgan fingerprint density at radius 3 is 2.65 bits per heavy atom. The van der Waals surface area contributed by atoms with E-state index < -0.39 is 11.6 Å². The van der Waals surface area contributed by atoms with Gasteiger partial charge in [-0.2, -0.15) is 10.1 Å². The van der Waals surface area contributed by atoms with Crippen LogP contribution < -0.4 is 0 Å². The predicted octanol–water partition coefficient (Wildman–Crippen LogP) is 3.36. The summed E-state index contributed by atoms with van der Waals surface area (Å²) >= 11 is 0. The lowest BCUT2D eigenvalue weighted by atomic mass is 10.1. The molecule has 0 radical (unpaired) electrons. The Bertz CT molecular complexity index is 894. The van der Waals surface area contributed by atoms with Gasteiger partial charge in [-0.1, -0.05) is 29.4 Å². The summed E-state index contributed by atoms with van der Waals surface area (Å²) in [5, 5.41) is 7.97. The number of esters is 1. The van der Waals surface area contributed by atoms with Crippen LogP contribution in [0.3, 0.4) is 0 Å². The van der Waals surface area contributed by atoms with Gasteiger partial charge in [0, 0.05) is 11.8 Å². The van der Waals surface area contributed by atoms with Crippen LogP contribution in [0.15, 0.2) is 41.2 Å². The molecule has 26 heavy (non-hydrogen) atoms. The Morgan fingerprint density at radius 2 is 2.04 bits per heavy atom. The molecule has 0 fully saturated rings. The molecular weight excluding hydrogens is 339 g/mol. The molecule has 2 heterocycles. The molecule has 0 aliphatic rings. The fourth-order valence-corrected chi connectivity index (χ4v) is 2.30. The first-order chi connectivity index (χ1) is 12.4. The van der Waals surface area contributed by atoms with Crippen molar-refractivity contribution in [2.24, 2.45) is 0 Å². The van der Waals surface area contributed by atoms with Gasteiger partial charge in [-0.05, 0) is 26.3 Å². The molecule has 0 atom stereocenters.